The molecule has 0 radical (unpaired) electrons. The molecule has 0 N–H and O–H groups in total. The Morgan fingerprint density at radius 1 is 1.50 bits per heavy atom. The molecular formula is C12H15BrN2O4S. The van der Waals surface area contributed by atoms with Gasteiger partial charge in [-0.25, -0.2) is 0 Å². The third-order valence-corrected chi connectivity index (χ3v) is 4.30. The van der Waals surface area contributed by atoms with Crippen LogP contribution in [0.5, 0.6) is 5.75 Å². The lowest BCUT2D eigenvalue weighted by molar-refractivity contribution is -0.126. The highest BCUT2D eigenvalue weighted by Crippen LogP contribution is 2.28. The van der Waals surface area contributed by atoms with Crippen LogP contribution in [0.2, 0.25) is 0 Å². The van der Waals surface area contributed by atoms with Crippen LogP contribution in [0.3, 0.4) is 0 Å². The van der Waals surface area contributed by atoms with E-state index in [2.05, 4.69) is 20.3 Å². The second-order valence-electron chi connectivity index (χ2n) is 3.96. The van der Waals surface area contributed by atoms with Crippen LogP contribution >= 0.6 is 15.9 Å². The van der Waals surface area contributed by atoms with E-state index in [1.54, 1.807) is 13.1 Å². The molecule has 0 saturated heterocycles. The minimum absolute atomic E-state index is 0.0314. The third kappa shape index (κ3) is 4.31. The monoisotopic (exact) mass is 362 g/mol. The SMILES string of the molecule is COc1ccc(Br)cc1S(=O)(=O)N=CCN(C)C(C)=O. The molecule has 0 saturated carbocycles. The van der Waals surface area contributed by atoms with Gasteiger partial charge in [-0.3, -0.25) is 4.79 Å². The Hall–Kier alpha value is -1.41. The smallest absolute Gasteiger partial charge is 0.285 e. The maximum atomic E-state index is 12.1. The van der Waals surface area contributed by atoms with Crippen LogP contribution in [0, 0.1) is 0 Å². The molecular weight excluding hydrogens is 348 g/mol. The van der Waals surface area contributed by atoms with E-state index in [1.165, 1.54) is 37.3 Å². The lowest BCUT2D eigenvalue weighted by Crippen LogP contribution is -2.25. The Bertz CT molecular complexity index is 628. The summed E-state index contributed by atoms with van der Waals surface area (Å²) in [7, 11) is -0.930. The largest absolute Gasteiger partial charge is 0.495 e. The molecule has 20 heavy (non-hydrogen) atoms. The van der Waals surface area contributed by atoms with Crippen LogP contribution in [0.4, 0.5) is 0 Å². The van der Waals surface area contributed by atoms with Gasteiger partial charge in [0.1, 0.15) is 10.6 Å². The van der Waals surface area contributed by atoms with Gasteiger partial charge in [0.25, 0.3) is 10.0 Å². The molecule has 6 nitrogen and oxygen atoms in total. The number of sulfonamides is 1. The second kappa shape index (κ2) is 6.85. The molecule has 1 aromatic rings. The number of carbonyl (C=O) groups excluding carboxylic acids is 1. The molecule has 0 atom stereocenters. The van der Waals surface area contributed by atoms with E-state index >= 15 is 0 Å². The number of carbonyl (C=O) groups is 1. The molecule has 110 valence electrons. The minimum Gasteiger partial charge on any atom is -0.495 e. The van der Waals surface area contributed by atoms with Crippen LogP contribution < -0.4 is 4.74 Å². The summed E-state index contributed by atoms with van der Waals surface area (Å²) in [6.07, 6.45) is 1.18. The summed E-state index contributed by atoms with van der Waals surface area (Å²) in [5.74, 6) is 0.0409. The number of methoxy groups -OCH3 is 1. The first-order valence-corrected chi connectivity index (χ1v) is 7.85. The number of rotatable bonds is 5. The van der Waals surface area contributed by atoms with Crippen molar-refractivity contribution in [1.82, 2.24) is 4.90 Å². The Balaban J connectivity index is 3.02. The van der Waals surface area contributed by atoms with Crippen molar-refractivity contribution >= 4 is 38.1 Å². The first kappa shape index (κ1) is 16.6. The van der Waals surface area contributed by atoms with Gasteiger partial charge in [0.05, 0.1) is 13.7 Å². The first-order valence-electron chi connectivity index (χ1n) is 5.62. The number of halogens is 1. The van der Waals surface area contributed by atoms with Crippen molar-refractivity contribution in [1.29, 1.82) is 0 Å². The topological polar surface area (TPSA) is 76.0 Å². The summed E-state index contributed by atoms with van der Waals surface area (Å²) < 4.78 is 33.4. The standard InChI is InChI=1S/C12H15BrN2O4S/c1-9(16)15(2)7-6-14-20(17,18)12-8-10(13)4-5-11(12)19-3/h4-6,8H,7H2,1-3H3. The molecule has 0 bridgehead atoms. The summed E-state index contributed by atoms with van der Waals surface area (Å²) in [6, 6.07) is 4.62. The predicted molar refractivity (Wildman–Crippen MR) is 79.7 cm³/mol. The van der Waals surface area contributed by atoms with Gasteiger partial charge in [-0.1, -0.05) is 15.9 Å². The van der Waals surface area contributed by atoms with Gasteiger partial charge in [-0.15, -0.1) is 0 Å². The number of hydrogen-bond donors (Lipinski definition) is 0. The zero-order chi connectivity index (χ0) is 15.3. The zero-order valence-corrected chi connectivity index (χ0v) is 13.7. The van der Waals surface area contributed by atoms with Crippen molar-refractivity contribution in [3.8, 4) is 5.75 Å². The van der Waals surface area contributed by atoms with Gasteiger partial charge in [0, 0.05) is 24.7 Å². The maximum Gasteiger partial charge on any atom is 0.285 e. The highest BCUT2D eigenvalue weighted by Gasteiger charge is 2.18. The van der Waals surface area contributed by atoms with E-state index in [0.717, 1.165) is 0 Å². The van der Waals surface area contributed by atoms with E-state index in [-0.39, 0.29) is 23.1 Å². The lowest BCUT2D eigenvalue weighted by Gasteiger charge is -2.11. The second-order valence-corrected chi connectivity index (χ2v) is 6.47. The summed E-state index contributed by atoms with van der Waals surface area (Å²) in [6.45, 7) is 1.50. The predicted octanol–water partition coefficient (Wildman–Crippen LogP) is 1.70. The Kier molecular flexibility index (Phi) is 5.70. The fourth-order valence-electron chi connectivity index (χ4n) is 1.29. The Morgan fingerprint density at radius 3 is 2.70 bits per heavy atom. The average Bonchev–Trinajstić information content (AvgIpc) is 2.38. The normalized spacial score (nSPS) is 11.6. The summed E-state index contributed by atoms with van der Waals surface area (Å²) in [4.78, 5) is 12.3. The average molecular weight is 363 g/mol. The molecule has 0 aliphatic carbocycles. The molecule has 0 unspecified atom stereocenters. The minimum atomic E-state index is -3.87. The van der Waals surface area contributed by atoms with Crippen LogP contribution in [0.15, 0.2) is 32.0 Å². The lowest BCUT2D eigenvalue weighted by atomic mass is 10.3. The number of nitrogens with zero attached hydrogens (tertiary/aromatic N) is 2. The van der Waals surface area contributed by atoms with E-state index in [1.807, 2.05) is 0 Å². The van der Waals surface area contributed by atoms with Crippen molar-refractivity contribution in [2.45, 2.75) is 11.8 Å². The number of ether oxygens (including phenoxy) is 1. The van der Waals surface area contributed by atoms with Gasteiger partial charge in [-0.2, -0.15) is 12.8 Å². The van der Waals surface area contributed by atoms with Gasteiger partial charge in [0.2, 0.25) is 5.91 Å². The Morgan fingerprint density at radius 2 is 2.15 bits per heavy atom. The van der Waals surface area contributed by atoms with Crippen LogP contribution in [-0.2, 0) is 14.8 Å². The molecule has 0 aliphatic heterocycles. The molecule has 0 fully saturated rings. The molecule has 0 aromatic heterocycles. The van der Waals surface area contributed by atoms with Crippen molar-refractivity contribution in [2.75, 3.05) is 20.7 Å². The molecule has 1 amide bonds. The first-order chi connectivity index (χ1) is 9.27. The molecule has 0 spiro atoms. The zero-order valence-electron chi connectivity index (χ0n) is 11.3. The van der Waals surface area contributed by atoms with Crippen molar-refractivity contribution in [3.63, 3.8) is 0 Å². The fourth-order valence-corrected chi connectivity index (χ4v) is 2.86. The number of amides is 1. The van der Waals surface area contributed by atoms with Crippen LogP contribution in [-0.4, -0.2) is 46.1 Å². The maximum absolute atomic E-state index is 12.1. The van der Waals surface area contributed by atoms with Crippen molar-refractivity contribution in [2.24, 2.45) is 4.40 Å². The molecule has 1 aromatic carbocycles. The van der Waals surface area contributed by atoms with Crippen molar-refractivity contribution < 1.29 is 17.9 Å². The summed E-state index contributed by atoms with van der Waals surface area (Å²) in [5, 5.41) is 0. The quantitative estimate of drug-likeness (QED) is 0.747. The Labute approximate surface area is 126 Å². The molecule has 1 rings (SSSR count). The van der Waals surface area contributed by atoms with E-state index in [4.69, 9.17) is 4.74 Å². The van der Waals surface area contributed by atoms with Gasteiger partial charge < -0.3 is 9.64 Å². The van der Waals surface area contributed by atoms with Gasteiger partial charge in [-0.05, 0) is 18.2 Å². The highest BCUT2D eigenvalue weighted by molar-refractivity contribution is 9.10. The molecule has 0 heterocycles. The highest BCUT2D eigenvalue weighted by atomic mass is 79.9. The van der Waals surface area contributed by atoms with E-state index in [0.29, 0.717) is 4.47 Å². The van der Waals surface area contributed by atoms with E-state index in [9.17, 15) is 13.2 Å². The van der Waals surface area contributed by atoms with Crippen LogP contribution in [0.1, 0.15) is 6.92 Å². The van der Waals surface area contributed by atoms with Gasteiger partial charge in [0.15, 0.2) is 0 Å². The third-order valence-electron chi connectivity index (χ3n) is 2.51. The van der Waals surface area contributed by atoms with E-state index < -0.39 is 10.0 Å². The van der Waals surface area contributed by atoms with Gasteiger partial charge >= 0.3 is 0 Å². The molecule has 0 aliphatic rings. The summed E-state index contributed by atoms with van der Waals surface area (Å²) >= 11 is 3.20. The summed E-state index contributed by atoms with van der Waals surface area (Å²) in [5.41, 5.74) is 0. The van der Waals surface area contributed by atoms with Crippen LogP contribution in [0.25, 0.3) is 0 Å². The number of hydrogen-bond acceptors (Lipinski definition) is 4. The molecule has 8 heteroatoms. The fraction of sp³-hybridized carbons (Fsp3) is 0.333. The number of benzene rings is 1. The van der Waals surface area contributed by atoms with Crippen molar-refractivity contribution in [3.05, 3.63) is 22.7 Å².